The number of ketones is 1. The van der Waals surface area contributed by atoms with Crippen molar-refractivity contribution >= 4 is 33.1 Å². The van der Waals surface area contributed by atoms with Crippen molar-refractivity contribution in [2.24, 2.45) is 5.92 Å². The Morgan fingerprint density at radius 1 is 1.06 bits per heavy atom. The summed E-state index contributed by atoms with van der Waals surface area (Å²) in [5.41, 5.74) is 0.153. The van der Waals surface area contributed by atoms with E-state index >= 15 is 0 Å². The number of benzene rings is 1. The number of carbonyl (C=O) groups is 2. The van der Waals surface area contributed by atoms with Crippen LogP contribution in [0.4, 0.5) is 0 Å². The second-order valence-corrected chi connectivity index (χ2v) is 10.2. The molecule has 2 aromatic rings. The molecule has 0 unspecified atom stereocenters. The van der Waals surface area contributed by atoms with Crippen LogP contribution in [0.15, 0.2) is 33.9 Å². The highest BCUT2D eigenvalue weighted by Crippen LogP contribution is 2.34. The predicted molar refractivity (Wildman–Crippen MR) is 117 cm³/mol. The van der Waals surface area contributed by atoms with Gasteiger partial charge in [-0.1, -0.05) is 6.07 Å². The fraction of sp³-hybridized carbons (Fsp3) is 0.429. The number of piperidine rings is 1. The van der Waals surface area contributed by atoms with Gasteiger partial charge in [-0.25, -0.2) is 8.42 Å². The third kappa shape index (κ3) is 5.05. The Labute approximate surface area is 190 Å². The van der Waals surface area contributed by atoms with Gasteiger partial charge in [-0.2, -0.15) is 4.31 Å². The number of thiophene rings is 1. The molecule has 1 saturated heterocycles. The molecule has 32 heavy (non-hydrogen) atoms. The molecule has 3 rings (SSSR count). The van der Waals surface area contributed by atoms with E-state index in [1.807, 2.05) is 0 Å². The van der Waals surface area contributed by atoms with Crippen molar-refractivity contribution in [2.45, 2.75) is 17.1 Å². The van der Waals surface area contributed by atoms with E-state index in [0.717, 1.165) is 11.3 Å². The summed E-state index contributed by atoms with van der Waals surface area (Å²) in [6, 6.07) is 6.34. The minimum atomic E-state index is -3.54. The monoisotopic (exact) mass is 483 g/mol. The van der Waals surface area contributed by atoms with Gasteiger partial charge in [0.05, 0.1) is 27.2 Å². The first-order valence-corrected chi connectivity index (χ1v) is 12.2. The Kier molecular flexibility index (Phi) is 7.75. The van der Waals surface area contributed by atoms with Crippen LogP contribution < -0.4 is 14.2 Å². The van der Waals surface area contributed by atoms with Gasteiger partial charge in [-0.05, 0) is 24.3 Å². The quantitative estimate of drug-likeness (QED) is 0.396. The zero-order chi connectivity index (χ0) is 23.3. The minimum Gasteiger partial charge on any atom is -0.496 e. The number of Topliss-reactive ketones (excluding diaryl/α,β-unsaturated/α-hetero) is 1. The van der Waals surface area contributed by atoms with Crippen molar-refractivity contribution in [3.63, 3.8) is 0 Å². The van der Waals surface area contributed by atoms with Gasteiger partial charge in [-0.15, -0.1) is 11.3 Å². The molecule has 11 heteroatoms. The number of ether oxygens (including phenoxy) is 4. The second kappa shape index (κ2) is 10.3. The lowest BCUT2D eigenvalue weighted by molar-refractivity contribution is -0.148. The average Bonchev–Trinajstić information content (AvgIpc) is 3.37. The fourth-order valence-electron chi connectivity index (χ4n) is 3.48. The van der Waals surface area contributed by atoms with Crippen LogP contribution in [0.5, 0.6) is 17.2 Å². The fourth-order valence-corrected chi connectivity index (χ4v) is 6.09. The normalized spacial score (nSPS) is 15.2. The highest BCUT2D eigenvalue weighted by Gasteiger charge is 2.33. The molecule has 1 fully saturated rings. The zero-order valence-electron chi connectivity index (χ0n) is 18.0. The Hall–Kier alpha value is -2.63. The molecule has 2 heterocycles. The van der Waals surface area contributed by atoms with Gasteiger partial charge in [0.25, 0.3) is 10.0 Å². The maximum absolute atomic E-state index is 12.7. The van der Waals surface area contributed by atoms with Gasteiger partial charge in [0.1, 0.15) is 27.0 Å². The number of methoxy groups -OCH3 is 3. The Balaban J connectivity index is 1.60. The van der Waals surface area contributed by atoms with Crippen LogP contribution in [0.2, 0.25) is 0 Å². The van der Waals surface area contributed by atoms with Gasteiger partial charge < -0.3 is 18.9 Å². The highest BCUT2D eigenvalue weighted by atomic mass is 32.2. The molecule has 0 N–H and O–H groups in total. The third-order valence-corrected chi connectivity index (χ3v) is 8.49. The van der Waals surface area contributed by atoms with Gasteiger partial charge in [0, 0.05) is 25.2 Å². The number of hydrogen-bond acceptors (Lipinski definition) is 9. The van der Waals surface area contributed by atoms with Crippen molar-refractivity contribution in [1.29, 1.82) is 0 Å². The maximum atomic E-state index is 12.7. The highest BCUT2D eigenvalue weighted by molar-refractivity contribution is 7.91. The van der Waals surface area contributed by atoms with Gasteiger partial charge in [-0.3, -0.25) is 9.59 Å². The van der Waals surface area contributed by atoms with Gasteiger partial charge >= 0.3 is 5.97 Å². The molecule has 1 aromatic heterocycles. The van der Waals surface area contributed by atoms with E-state index in [9.17, 15) is 18.0 Å². The summed E-state index contributed by atoms with van der Waals surface area (Å²) in [6.07, 6.45) is 0.652. The van der Waals surface area contributed by atoms with E-state index < -0.39 is 34.3 Å². The number of sulfonamides is 1. The predicted octanol–water partition coefficient (Wildman–Crippen LogP) is 2.60. The second-order valence-electron chi connectivity index (χ2n) is 7.05. The van der Waals surface area contributed by atoms with Crippen LogP contribution in [0, 0.1) is 5.92 Å². The SMILES string of the molecule is COc1cc(OC)c(C(=O)COC(=O)C2CCN(S(=O)(=O)c3cccs3)CC2)c(OC)c1. The molecule has 0 bridgehead atoms. The molecular weight excluding hydrogens is 458 g/mol. The molecule has 0 atom stereocenters. The van der Waals surface area contributed by atoms with E-state index in [-0.39, 0.29) is 34.4 Å². The van der Waals surface area contributed by atoms with Crippen molar-refractivity contribution in [1.82, 2.24) is 4.31 Å². The van der Waals surface area contributed by atoms with Crippen molar-refractivity contribution in [3.05, 3.63) is 35.2 Å². The molecule has 1 aromatic carbocycles. The lowest BCUT2D eigenvalue weighted by Crippen LogP contribution is -2.40. The largest absolute Gasteiger partial charge is 0.496 e. The summed E-state index contributed by atoms with van der Waals surface area (Å²) in [7, 11) is 0.761. The Morgan fingerprint density at radius 2 is 1.69 bits per heavy atom. The van der Waals surface area contributed by atoms with Crippen molar-refractivity contribution in [3.8, 4) is 17.2 Å². The lowest BCUT2D eigenvalue weighted by atomic mass is 9.98. The summed E-state index contributed by atoms with van der Waals surface area (Å²) in [5, 5.41) is 1.71. The minimum absolute atomic E-state index is 0.153. The summed E-state index contributed by atoms with van der Waals surface area (Å²) in [6.45, 7) is -0.0479. The molecule has 1 aliphatic rings. The van der Waals surface area contributed by atoms with Crippen LogP contribution >= 0.6 is 11.3 Å². The number of esters is 1. The molecule has 0 aliphatic carbocycles. The topological polar surface area (TPSA) is 108 Å². The standard InChI is InChI=1S/C21H25NO8S2/c1-27-15-11-17(28-2)20(18(12-15)29-3)16(23)13-30-21(24)14-6-8-22(9-7-14)32(25,26)19-5-4-10-31-19/h4-5,10-12,14H,6-9,13H2,1-3H3. The smallest absolute Gasteiger partial charge is 0.309 e. The number of carbonyl (C=O) groups excluding carboxylic acids is 2. The molecule has 174 valence electrons. The van der Waals surface area contributed by atoms with Crippen LogP contribution in [0.3, 0.4) is 0 Å². The molecule has 0 radical (unpaired) electrons. The van der Waals surface area contributed by atoms with Crippen LogP contribution in [0.1, 0.15) is 23.2 Å². The first kappa shape index (κ1) is 24.0. The van der Waals surface area contributed by atoms with E-state index in [0.29, 0.717) is 18.6 Å². The van der Waals surface area contributed by atoms with Crippen LogP contribution in [-0.4, -0.2) is 65.5 Å². The van der Waals surface area contributed by atoms with Crippen molar-refractivity contribution in [2.75, 3.05) is 41.0 Å². The molecule has 0 saturated carbocycles. The zero-order valence-corrected chi connectivity index (χ0v) is 19.7. The van der Waals surface area contributed by atoms with Crippen LogP contribution in [0.25, 0.3) is 0 Å². The Bertz CT molecular complexity index is 1030. The average molecular weight is 484 g/mol. The first-order valence-electron chi connectivity index (χ1n) is 9.85. The van der Waals surface area contributed by atoms with E-state index in [1.165, 1.54) is 25.6 Å². The third-order valence-electron chi connectivity index (χ3n) is 5.22. The maximum Gasteiger partial charge on any atom is 0.309 e. The molecule has 0 spiro atoms. The number of nitrogens with zero attached hydrogens (tertiary/aromatic N) is 1. The summed E-state index contributed by atoms with van der Waals surface area (Å²) in [4.78, 5) is 25.2. The van der Waals surface area contributed by atoms with Crippen LogP contribution in [-0.2, 0) is 19.6 Å². The first-order chi connectivity index (χ1) is 15.3. The molecule has 9 nitrogen and oxygen atoms in total. The van der Waals surface area contributed by atoms with Gasteiger partial charge in [0.15, 0.2) is 6.61 Å². The summed E-state index contributed by atoms with van der Waals surface area (Å²) < 4.78 is 47.8. The summed E-state index contributed by atoms with van der Waals surface area (Å²) >= 11 is 1.16. The summed E-state index contributed by atoms with van der Waals surface area (Å²) in [5.74, 6) is -0.539. The molecular formula is C21H25NO8S2. The van der Waals surface area contributed by atoms with Gasteiger partial charge in [0.2, 0.25) is 5.78 Å². The van der Waals surface area contributed by atoms with E-state index in [4.69, 9.17) is 18.9 Å². The van der Waals surface area contributed by atoms with E-state index in [2.05, 4.69) is 0 Å². The molecule has 1 aliphatic heterocycles. The number of rotatable bonds is 9. The molecule has 0 amide bonds. The van der Waals surface area contributed by atoms with Crippen molar-refractivity contribution < 1.29 is 37.0 Å². The van der Waals surface area contributed by atoms with E-state index in [1.54, 1.807) is 29.6 Å². The lowest BCUT2D eigenvalue weighted by Gasteiger charge is -2.29. The number of hydrogen-bond donors (Lipinski definition) is 0. The Morgan fingerprint density at radius 3 is 2.19 bits per heavy atom.